The Bertz CT molecular complexity index is 741. The summed E-state index contributed by atoms with van der Waals surface area (Å²) in [6, 6.07) is 12.4. The molecule has 0 bridgehead atoms. The minimum atomic E-state index is -0.387. The normalized spacial score (nSPS) is 12.4. The van der Waals surface area contributed by atoms with Gasteiger partial charge in [0.2, 0.25) is 5.89 Å². The van der Waals surface area contributed by atoms with Gasteiger partial charge in [-0.3, -0.25) is 4.39 Å². The fraction of sp³-hybridized carbons (Fsp3) is 0.263. The Morgan fingerprint density at radius 1 is 0.926 bits per heavy atom. The third-order valence-electron chi connectivity index (χ3n) is 3.20. The summed E-state index contributed by atoms with van der Waals surface area (Å²) >= 11 is 0. The molecule has 0 amide bonds. The van der Waals surface area contributed by atoms with Crippen molar-refractivity contribution in [3.63, 3.8) is 0 Å². The maximum atomic E-state index is 12.8. The monoisotopic (exact) mass is 554 g/mol. The summed E-state index contributed by atoms with van der Waals surface area (Å²) in [6.07, 6.45) is -0.278. The van der Waals surface area contributed by atoms with E-state index in [1.165, 1.54) is 30.3 Å². The molecule has 147 valence electrons. The minimum Gasteiger partial charge on any atom is -0.464 e. The van der Waals surface area contributed by atoms with E-state index in [-0.39, 0.29) is 55.7 Å². The third kappa shape index (κ3) is 7.64. The predicted molar refractivity (Wildman–Crippen MR) is 91.9 cm³/mol. The number of rotatable bonds is 4. The second-order valence-electron chi connectivity index (χ2n) is 5.77. The van der Waals surface area contributed by atoms with Gasteiger partial charge in [-0.2, -0.15) is 5.10 Å². The molecule has 0 fully saturated rings. The van der Waals surface area contributed by atoms with Gasteiger partial charge in [0, 0.05) is 31.5 Å². The molecule has 3 aromatic rings. The van der Waals surface area contributed by atoms with Crippen LogP contribution in [0.1, 0.15) is 20.3 Å². The van der Waals surface area contributed by atoms with Crippen molar-refractivity contribution in [2.45, 2.75) is 32.5 Å². The molecule has 1 radical (unpaired) electrons. The molecule has 8 heteroatoms. The number of aliphatic hydroxyl groups is 2. The molecule has 2 N–H and O–H groups in total. The molecule has 0 aliphatic rings. The van der Waals surface area contributed by atoms with Crippen molar-refractivity contribution in [3.8, 4) is 22.9 Å². The van der Waals surface area contributed by atoms with Crippen LogP contribution in [0.25, 0.3) is 22.9 Å². The molecular formula is C19H19F2IrN2O3-. The average Bonchev–Trinajstić information content (AvgIpc) is 3.05. The molecule has 0 saturated carbocycles. The van der Waals surface area contributed by atoms with Crippen molar-refractivity contribution in [1.29, 1.82) is 0 Å². The van der Waals surface area contributed by atoms with E-state index in [0.717, 1.165) is 0 Å². The molecule has 0 saturated heterocycles. The van der Waals surface area contributed by atoms with Crippen LogP contribution in [0.4, 0.5) is 8.78 Å². The van der Waals surface area contributed by atoms with Crippen LogP contribution in [0.15, 0.2) is 46.9 Å². The smallest absolute Gasteiger partial charge is 0.237 e. The van der Waals surface area contributed by atoms with Gasteiger partial charge in [-0.15, -0.1) is 29.4 Å². The Morgan fingerprint density at radius 2 is 1.48 bits per heavy atom. The van der Waals surface area contributed by atoms with Gasteiger partial charge in [0.1, 0.15) is 5.82 Å². The van der Waals surface area contributed by atoms with Crippen LogP contribution >= 0.6 is 0 Å². The Morgan fingerprint density at radius 3 is 1.96 bits per heavy atom. The van der Waals surface area contributed by atoms with Crippen LogP contribution in [0.2, 0.25) is 0 Å². The average molecular weight is 554 g/mol. The van der Waals surface area contributed by atoms with Crippen LogP contribution in [-0.4, -0.2) is 32.6 Å². The Kier molecular flexibility index (Phi) is 9.38. The first-order valence-corrected chi connectivity index (χ1v) is 7.98. The van der Waals surface area contributed by atoms with Gasteiger partial charge < -0.3 is 14.6 Å². The van der Waals surface area contributed by atoms with Gasteiger partial charge in [-0.1, -0.05) is 5.56 Å². The zero-order chi connectivity index (χ0) is 19.1. The van der Waals surface area contributed by atoms with E-state index < -0.39 is 0 Å². The van der Waals surface area contributed by atoms with Gasteiger partial charge in [-0.05, 0) is 44.5 Å². The molecule has 0 aliphatic heterocycles. The predicted octanol–water partition coefficient (Wildman–Crippen LogP) is 3.62. The van der Waals surface area contributed by atoms with Gasteiger partial charge in [-0.25, -0.2) is 4.39 Å². The third-order valence-corrected chi connectivity index (χ3v) is 3.20. The van der Waals surface area contributed by atoms with E-state index in [2.05, 4.69) is 16.3 Å². The molecule has 1 aromatic heterocycles. The van der Waals surface area contributed by atoms with Gasteiger partial charge >= 0.3 is 0 Å². The Balaban J connectivity index is 0.000000395. The summed E-state index contributed by atoms with van der Waals surface area (Å²) in [5.41, 5.74) is 1.12. The first-order valence-electron chi connectivity index (χ1n) is 7.98. The summed E-state index contributed by atoms with van der Waals surface area (Å²) in [5.74, 6) is -0.218. The molecule has 1 heterocycles. The van der Waals surface area contributed by atoms with Crippen molar-refractivity contribution in [2.75, 3.05) is 0 Å². The molecule has 2 atom stereocenters. The molecule has 0 aliphatic carbocycles. The fourth-order valence-electron chi connectivity index (χ4n) is 2.07. The van der Waals surface area contributed by atoms with Crippen LogP contribution in [0.5, 0.6) is 0 Å². The van der Waals surface area contributed by atoms with E-state index in [0.29, 0.717) is 17.5 Å². The molecule has 5 nitrogen and oxygen atoms in total. The van der Waals surface area contributed by atoms with Crippen molar-refractivity contribution in [1.82, 2.24) is 10.2 Å². The van der Waals surface area contributed by atoms with E-state index in [1.54, 1.807) is 26.0 Å². The summed E-state index contributed by atoms with van der Waals surface area (Å²) < 4.78 is 31.0. The van der Waals surface area contributed by atoms with Crippen molar-refractivity contribution >= 4 is 0 Å². The van der Waals surface area contributed by atoms with Crippen molar-refractivity contribution in [3.05, 3.63) is 60.2 Å². The van der Waals surface area contributed by atoms with Gasteiger partial charge in [0.05, 0.1) is 12.2 Å². The molecule has 0 spiro atoms. The summed E-state index contributed by atoms with van der Waals surface area (Å²) in [4.78, 5) is 0. The van der Waals surface area contributed by atoms with E-state index in [4.69, 9.17) is 14.6 Å². The van der Waals surface area contributed by atoms with Crippen LogP contribution in [0, 0.1) is 17.7 Å². The van der Waals surface area contributed by atoms with Gasteiger partial charge in [0.25, 0.3) is 0 Å². The van der Waals surface area contributed by atoms with Crippen molar-refractivity contribution < 1.29 is 43.5 Å². The van der Waals surface area contributed by atoms with Crippen LogP contribution < -0.4 is 0 Å². The number of aliphatic hydroxyl groups excluding tert-OH is 2. The van der Waals surface area contributed by atoms with Crippen molar-refractivity contribution in [2.24, 2.45) is 0 Å². The summed E-state index contributed by atoms with van der Waals surface area (Å²) in [6.45, 7) is 3.32. The number of aromatic nitrogens is 2. The number of hydrogen-bond donors (Lipinski definition) is 2. The van der Waals surface area contributed by atoms with E-state index in [1.807, 2.05) is 0 Å². The first kappa shape index (κ1) is 23.0. The topological polar surface area (TPSA) is 79.4 Å². The largest absolute Gasteiger partial charge is 0.464 e. The quantitative estimate of drug-likeness (QED) is 0.483. The van der Waals surface area contributed by atoms with Gasteiger partial charge in [0.15, 0.2) is 5.89 Å². The summed E-state index contributed by atoms with van der Waals surface area (Å²) in [7, 11) is 0. The SMILES string of the molecule is CC(O)CC(C)O.Fc1c[c-]c(-c2nnc(-c3ccc(F)cc3)o2)cc1.[Ir]. The maximum Gasteiger partial charge on any atom is 0.237 e. The molecule has 27 heavy (non-hydrogen) atoms. The number of nitrogens with zero attached hydrogens (tertiary/aromatic N) is 2. The number of halogens is 2. The second-order valence-corrected chi connectivity index (χ2v) is 5.77. The zero-order valence-electron chi connectivity index (χ0n) is 14.7. The Hall–Kier alpha value is -1.99. The van der Waals surface area contributed by atoms with Crippen LogP contribution in [-0.2, 0) is 20.1 Å². The Labute approximate surface area is 169 Å². The second kappa shape index (κ2) is 11.0. The van der Waals surface area contributed by atoms with E-state index >= 15 is 0 Å². The molecule has 3 rings (SSSR count). The van der Waals surface area contributed by atoms with E-state index in [9.17, 15) is 8.78 Å². The maximum absolute atomic E-state index is 12.8. The fourth-order valence-corrected chi connectivity index (χ4v) is 2.07. The standard InChI is InChI=1S/C14H7F2N2O.C5H12O2.Ir/c15-11-5-1-9(2-6-11)13-17-18-14(19-13)10-3-7-12(16)8-4-10;1-4(6)3-5(2)7;/h1-3,5-8H;4-7H,3H2,1-2H3;/q-1;;. The zero-order valence-corrected chi connectivity index (χ0v) is 17.1. The summed E-state index contributed by atoms with van der Waals surface area (Å²) in [5, 5.41) is 24.8. The molecule has 2 aromatic carbocycles. The molecule has 2 unspecified atom stereocenters. The van der Waals surface area contributed by atoms with Crippen LogP contribution in [0.3, 0.4) is 0 Å². The number of benzene rings is 2. The minimum absolute atomic E-state index is 0. The molecular weight excluding hydrogens is 534 g/mol. The number of hydrogen-bond acceptors (Lipinski definition) is 5. The first-order chi connectivity index (χ1) is 12.3.